The van der Waals surface area contributed by atoms with Gasteiger partial charge in [-0.15, -0.1) is 0 Å². The van der Waals surface area contributed by atoms with Gasteiger partial charge < -0.3 is 4.57 Å². The van der Waals surface area contributed by atoms with Crippen molar-refractivity contribution in [1.29, 1.82) is 0 Å². The zero-order valence-electron chi connectivity index (χ0n) is 9.88. The number of hydrogen-bond acceptors (Lipinski definition) is 1. The zero-order valence-corrected chi connectivity index (χ0v) is 9.88. The zero-order chi connectivity index (χ0) is 10.6. The van der Waals surface area contributed by atoms with Crippen molar-refractivity contribution in [3.8, 4) is 0 Å². The first-order chi connectivity index (χ1) is 6.69. The van der Waals surface area contributed by atoms with Crippen LogP contribution < -0.4 is 0 Å². The van der Waals surface area contributed by atoms with Crippen LogP contribution in [0, 0.1) is 6.92 Å². The lowest BCUT2D eigenvalue weighted by molar-refractivity contribution is 0.269. The van der Waals surface area contributed by atoms with Crippen LogP contribution in [0.1, 0.15) is 31.5 Å². The molecular weight excluding hydrogens is 172 g/mol. The summed E-state index contributed by atoms with van der Waals surface area (Å²) in [5.74, 6) is 0. The molecule has 0 fully saturated rings. The molecule has 0 aliphatic carbocycles. The standard InChI is InChI=1S/C9H14N2.C3H8/c1-8-3-4-11-6-5-10(2)7-9(8)11;1-3-2/h3-4H,5-7H2,1-2H3;3H2,1-2H3. The van der Waals surface area contributed by atoms with Gasteiger partial charge in [-0.25, -0.2) is 0 Å². The maximum atomic E-state index is 2.36. The molecule has 2 heteroatoms. The predicted molar refractivity (Wildman–Crippen MR) is 61.5 cm³/mol. The summed E-state index contributed by atoms with van der Waals surface area (Å²) in [6.07, 6.45) is 3.44. The van der Waals surface area contributed by atoms with Crippen LogP contribution in [0.25, 0.3) is 0 Å². The highest BCUT2D eigenvalue weighted by Crippen LogP contribution is 2.15. The van der Waals surface area contributed by atoms with E-state index in [1.165, 1.54) is 24.2 Å². The van der Waals surface area contributed by atoms with Gasteiger partial charge in [0.15, 0.2) is 0 Å². The topological polar surface area (TPSA) is 8.17 Å². The average Bonchev–Trinajstić information content (AvgIpc) is 2.49. The van der Waals surface area contributed by atoms with E-state index in [1.807, 2.05) is 0 Å². The highest BCUT2D eigenvalue weighted by molar-refractivity contribution is 5.21. The lowest BCUT2D eigenvalue weighted by Crippen LogP contribution is -2.30. The van der Waals surface area contributed by atoms with Crippen molar-refractivity contribution >= 4 is 0 Å². The Bertz CT molecular complexity index is 276. The molecule has 0 aromatic carbocycles. The maximum Gasteiger partial charge on any atom is 0.0387 e. The molecule has 1 aliphatic rings. The van der Waals surface area contributed by atoms with Crippen LogP contribution in [-0.4, -0.2) is 23.1 Å². The first kappa shape index (κ1) is 11.3. The van der Waals surface area contributed by atoms with Crippen LogP contribution in [0.5, 0.6) is 0 Å². The Morgan fingerprint density at radius 1 is 1.29 bits per heavy atom. The van der Waals surface area contributed by atoms with Crippen molar-refractivity contribution in [2.75, 3.05) is 13.6 Å². The fourth-order valence-electron chi connectivity index (χ4n) is 1.65. The van der Waals surface area contributed by atoms with Crippen LogP contribution in [0.3, 0.4) is 0 Å². The summed E-state index contributed by atoms with van der Waals surface area (Å²) < 4.78 is 2.36. The number of aryl methyl sites for hydroxylation is 1. The third-order valence-corrected chi connectivity index (χ3v) is 2.45. The van der Waals surface area contributed by atoms with Gasteiger partial charge in [0.2, 0.25) is 0 Å². The molecule has 1 aliphatic heterocycles. The van der Waals surface area contributed by atoms with Crippen molar-refractivity contribution in [3.05, 3.63) is 23.5 Å². The predicted octanol–water partition coefficient (Wildman–Crippen LogP) is 2.66. The molecular formula is C12H22N2. The van der Waals surface area contributed by atoms with Crippen LogP contribution in [-0.2, 0) is 13.1 Å². The molecule has 1 aromatic heterocycles. The first-order valence-electron chi connectivity index (χ1n) is 5.52. The molecule has 0 saturated carbocycles. The fraction of sp³-hybridized carbons (Fsp3) is 0.667. The summed E-state index contributed by atoms with van der Waals surface area (Å²) in [5.41, 5.74) is 2.91. The third-order valence-electron chi connectivity index (χ3n) is 2.45. The van der Waals surface area contributed by atoms with E-state index in [1.54, 1.807) is 0 Å². The quantitative estimate of drug-likeness (QED) is 0.616. The molecule has 0 bridgehead atoms. The molecule has 2 heterocycles. The van der Waals surface area contributed by atoms with Crippen LogP contribution in [0.4, 0.5) is 0 Å². The molecule has 80 valence electrons. The Morgan fingerprint density at radius 2 is 1.93 bits per heavy atom. The average molecular weight is 194 g/mol. The SMILES string of the molecule is CCC.Cc1ccn2c1CN(C)CC2. The van der Waals surface area contributed by atoms with E-state index in [4.69, 9.17) is 0 Å². The van der Waals surface area contributed by atoms with Crippen molar-refractivity contribution < 1.29 is 0 Å². The smallest absolute Gasteiger partial charge is 0.0387 e. The summed E-state index contributed by atoms with van der Waals surface area (Å²) in [5, 5.41) is 0. The number of hydrogen-bond donors (Lipinski definition) is 0. The van der Waals surface area contributed by atoms with Crippen LogP contribution >= 0.6 is 0 Å². The van der Waals surface area contributed by atoms with Crippen molar-refractivity contribution in [2.24, 2.45) is 0 Å². The number of fused-ring (bicyclic) bond motifs is 1. The molecule has 0 spiro atoms. The number of rotatable bonds is 0. The Morgan fingerprint density at radius 3 is 2.57 bits per heavy atom. The summed E-state index contributed by atoms with van der Waals surface area (Å²) in [7, 11) is 2.18. The van der Waals surface area contributed by atoms with Gasteiger partial charge in [0, 0.05) is 31.5 Å². The van der Waals surface area contributed by atoms with Gasteiger partial charge in [0.25, 0.3) is 0 Å². The molecule has 0 unspecified atom stereocenters. The summed E-state index contributed by atoms with van der Waals surface area (Å²) in [4.78, 5) is 2.36. The van der Waals surface area contributed by atoms with Crippen LogP contribution in [0.2, 0.25) is 0 Å². The Hall–Kier alpha value is -0.760. The molecule has 14 heavy (non-hydrogen) atoms. The van der Waals surface area contributed by atoms with E-state index in [2.05, 4.69) is 49.5 Å². The Kier molecular flexibility index (Phi) is 4.21. The summed E-state index contributed by atoms with van der Waals surface area (Å²) in [6, 6.07) is 2.20. The number of nitrogens with zero attached hydrogens (tertiary/aromatic N) is 2. The minimum Gasteiger partial charge on any atom is -0.349 e. The molecule has 1 aromatic rings. The maximum absolute atomic E-state index is 2.36. The molecule has 0 atom stereocenters. The lowest BCUT2D eigenvalue weighted by Gasteiger charge is -2.25. The molecule has 0 saturated heterocycles. The van der Waals surface area contributed by atoms with Gasteiger partial charge in [-0.2, -0.15) is 0 Å². The van der Waals surface area contributed by atoms with Crippen molar-refractivity contribution in [1.82, 2.24) is 9.47 Å². The largest absolute Gasteiger partial charge is 0.349 e. The monoisotopic (exact) mass is 194 g/mol. The second-order valence-corrected chi connectivity index (χ2v) is 4.08. The summed E-state index contributed by atoms with van der Waals surface area (Å²) >= 11 is 0. The first-order valence-corrected chi connectivity index (χ1v) is 5.52. The summed E-state index contributed by atoms with van der Waals surface area (Å²) in [6.45, 7) is 9.88. The fourth-order valence-corrected chi connectivity index (χ4v) is 1.65. The second-order valence-electron chi connectivity index (χ2n) is 4.08. The van der Waals surface area contributed by atoms with Gasteiger partial charge in [-0.3, -0.25) is 4.90 Å². The van der Waals surface area contributed by atoms with E-state index in [0.717, 1.165) is 13.1 Å². The molecule has 0 radical (unpaired) electrons. The minimum atomic E-state index is 1.11. The van der Waals surface area contributed by atoms with Gasteiger partial charge in [-0.05, 0) is 25.6 Å². The van der Waals surface area contributed by atoms with Gasteiger partial charge >= 0.3 is 0 Å². The number of aromatic nitrogens is 1. The van der Waals surface area contributed by atoms with Crippen LogP contribution in [0.15, 0.2) is 12.3 Å². The minimum absolute atomic E-state index is 1.11. The highest BCUT2D eigenvalue weighted by Gasteiger charge is 2.13. The highest BCUT2D eigenvalue weighted by atomic mass is 15.2. The van der Waals surface area contributed by atoms with E-state index < -0.39 is 0 Å². The van der Waals surface area contributed by atoms with E-state index >= 15 is 0 Å². The third kappa shape index (κ3) is 2.61. The van der Waals surface area contributed by atoms with E-state index in [9.17, 15) is 0 Å². The van der Waals surface area contributed by atoms with E-state index in [0.29, 0.717) is 0 Å². The Labute approximate surface area is 87.5 Å². The lowest BCUT2D eigenvalue weighted by atomic mass is 10.2. The molecule has 0 N–H and O–H groups in total. The number of likely N-dealkylation sites (N-methyl/N-ethyl adjacent to an activating group) is 1. The van der Waals surface area contributed by atoms with E-state index in [-0.39, 0.29) is 0 Å². The molecule has 2 nitrogen and oxygen atoms in total. The molecule has 2 rings (SSSR count). The van der Waals surface area contributed by atoms with Crippen molar-refractivity contribution in [3.63, 3.8) is 0 Å². The normalized spacial score (nSPS) is 15.7. The molecule has 0 amide bonds. The van der Waals surface area contributed by atoms with Gasteiger partial charge in [0.05, 0.1) is 0 Å². The van der Waals surface area contributed by atoms with Gasteiger partial charge in [0.1, 0.15) is 0 Å². The van der Waals surface area contributed by atoms with Gasteiger partial charge in [-0.1, -0.05) is 20.3 Å². The Balaban J connectivity index is 0.000000293. The van der Waals surface area contributed by atoms with Crippen molar-refractivity contribution in [2.45, 2.75) is 40.3 Å². The second kappa shape index (κ2) is 5.20.